The van der Waals surface area contributed by atoms with E-state index in [1.165, 1.54) is 25.7 Å². The van der Waals surface area contributed by atoms with Gasteiger partial charge >= 0.3 is 0 Å². The predicted molar refractivity (Wildman–Crippen MR) is 55.8 cm³/mol. The fourth-order valence-electron chi connectivity index (χ4n) is 0.921. The van der Waals surface area contributed by atoms with Crippen LogP contribution in [0, 0.1) is 0 Å². The average Bonchev–Trinajstić information content (AvgIpc) is 2.03. The molecule has 0 fully saturated rings. The minimum absolute atomic E-state index is 0.990. The summed E-state index contributed by atoms with van der Waals surface area (Å²) >= 11 is 0. The largest absolute Gasteiger partial charge is 0.367 e. The third-order valence-electron chi connectivity index (χ3n) is 2.00. The molecule has 0 rings (SSSR count). The molecule has 0 heterocycles. The van der Waals surface area contributed by atoms with Gasteiger partial charge in [0.1, 0.15) is 0 Å². The first kappa shape index (κ1) is 11.5. The summed E-state index contributed by atoms with van der Waals surface area (Å²) in [7, 11) is 4.07. The predicted octanol–water partition coefficient (Wildman–Crippen LogP) is 2.55. The fraction of sp³-hybridized carbons (Fsp3) is 0.900. The van der Waals surface area contributed by atoms with Crippen molar-refractivity contribution in [2.45, 2.75) is 39.5 Å². The number of nitrogens with zero attached hydrogens (tertiary/aromatic N) is 2. The second-order valence-electron chi connectivity index (χ2n) is 3.38. The van der Waals surface area contributed by atoms with E-state index in [2.05, 4.69) is 23.7 Å². The number of hydrogen-bond donors (Lipinski definition) is 0. The quantitative estimate of drug-likeness (QED) is 0.352. The molecule has 0 unspecified atom stereocenters. The summed E-state index contributed by atoms with van der Waals surface area (Å²) in [6.45, 7) is 5.28. The monoisotopic (exact) mass is 170 g/mol. The molecule has 0 amide bonds. The molecule has 0 aliphatic rings. The maximum atomic E-state index is 4.44. The van der Waals surface area contributed by atoms with Crippen LogP contribution in [0.3, 0.4) is 0 Å². The second kappa shape index (κ2) is 7.14. The van der Waals surface area contributed by atoms with E-state index in [0.29, 0.717) is 0 Å². The molecule has 0 saturated carbocycles. The molecule has 0 aromatic rings. The van der Waals surface area contributed by atoms with E-state index in [1.807, 2.05) is 14.1 Å². The smallest absolute Gasteiger partial charge is 0.0952 e. The van der Waals surface area contributed by atoms with Crippen molar-refractivity contribution in [1.29, 1.82) is 0 Å². The Morgan fingerprint density at radius 1 is 1.17 bits per heavy atom. The summed E-state index contributed by atoms with van der Waals surface area (Å²) in [6, 6.07) is 0. The van der Waals surface area contributed by atoms with Crippen molar-refractivity contribution in [3.63, 3.8) is 0 Å². The molecule has 0 aliphatic carbocycles. The van der Waals surface area contributed by atoms with E-state index in [0.717, 1.165) is 12.4 Å². The van der Waals surface area contributed by atoms with Crippen LogP contribution in [0.2, 0.25) is 0 Å². The third-order valence-corrected chi connectivity index (χ3v) is 2.00. The van der Waals surface area contributed by atoms with Crippen molar-refractivity contribution in [3.05, 3.63) is 0 Å². The van der Waals surface area contributed by atoms with Gasteiger partial charge in [0.2, 0.25) is 0 Å². The second-order valence-corrected chi connectivity index (χ2v) is 3.38. The molecule has 2 nitrogen and oxygen atoms in total. The molecule has 72 valence electrons. The molecule has 0 bridgehead atoms. The Hall–Kier alpha value is -0.530. The summed E-state index contributed by atoms with van der Waals surface area (Å²) in [4.78, 5) is 6.49. The Labute approximate surface area is 76.7 Å². The van der Waals surface area contributed by atoms with Crippen molar-refractivity contribution in [2.24, 2.45) is 4.99 Å². The highest BCUT2D eigenvalue weighted by Gasteiger charge is 1.91. The summed E-state index contributed by atoms with van der Waals surface area (Å²) in [5.74, 6) is 1.13. The van der Waals surface area contributed by atoms with Crippen LogP contribution >= 0.6 is 0 Å². The van der Waals surface area contributed by atoms with Crippen molar-refractivity contribution in [3.8, 4) is 0 Å². The maximum Gasteiger partial charge on any atom is 0.0952 e. The molecule has 2 heteroatoms. The molecule has 0 aromatic heterocycles. The van der Waals surface area contributed by atoms with Crippen LogP contribution < -0.4 is 0 Å². The first-order chi connectivity index (χ1) is 5.68. The number of hydrogen-bond acceptors (Lipinski definition) is 1. The normalized spacial score (nSPS) is 11.8. The minimum atomic E-state index is 0.990. The van der Waals surface area contributed by atoms with E-state index in [4.69, 9.17) is 0 Å². The van der Waals surface area contributed by atoms with E-state index in [9.17, 15) is 0 Å². The van der Waals surface area contributed by atoms with E-state index >= 15 is 0 Å². The van der Waals surface area contributed by atoms with Gasteiger partial charge in [0.05, 0.1) is 5.84 Å². The number of amidine groups is 1. The standard InChI is InChI=1S/C10H22N2/c1-5-6-7-8-9-11-10(2)12(3)4/h5-9H2,1-4H3. The number of unbranched alkanes of at least 4 members (excludes halogenated alkanes) is 3. The van der Waals surface area contributed by atoms with Gasteiger partial charge in [-0.2, -0.15) is 0 Å². The molecule has 0 spiro atoms. The Kier molecular flexibility index (Phi) is 6.82. The fourth-order valence-corrected chi connectivity index (χ4v) is 0.921. The minimum Gasteiger partial charge on any atom is -0.367 e. The van der Waals surface area contributed by atoms with Crippen LogP contribution in [-0.4, -0.2) is 31.4 Å². The maximum absolute atomic E-state index is 4.44. The van der Waals surface area contributed by atoms with Crippen molar-refractivity contribution < 1.29 is 0 Å². The lowest BCUT2D eigenvalue weighted by atomic mass is 10.2. The average molecular weight is 170 g/mol. The Balaban J connectivity index is 3.34. The van der Waals surface area contributed by atoms with Gasteiger partial charge in [-0.05, 0) is 13.3 Å². The molecule has 0 saturated heterocycles. The highest BCUT2D eigenvalue weighted by Crippen LogP contribution is 1.98. The van der Waals surface area contributed by atoms with Gasteiger partial charge in [-0.25, -0.2) is 0 Å². The number of aliphatic imine (C=N–C) groups is 1. The van der Waals surface area contributed by atoms with Gasteiger partial charge in [-0.1, -0.05) is 26.2 Å². The van der Waals surface area contributed by atoms with Crippen LogP contribution in [0.5, 0.6) is 0 Å². The van der Waals surface area contributed by atoms with Gasteiger partial charge in [-0.3, -0.25) is 4.99 Å². The lowest BCUT2D eigenvalue weighted by Crippen LogP contribution is -2.18. The molecule has 0 N–H and O–H groups in total. The molecule has 0 aromatic carbocycles. The van der Waals surface area contributed by atoms with Crippen LogP contribution in [0.15, 0.2) is 4.99 Å². The first-order valence-electron chi connectivity index (χ1n) is 4.86. The van der Waals surface area contributed by atoms with Crippen LogP contribution in [-0.2, 0) is 0 Å². The summed E-state index contributed by atoms with van der Waals surface area (Å²) in [6.07, 6.45) is 5.20. The molecular weight excluding hydrogens is 148 g/mol. The van der Waals surface area contributed by atoms with Crippen LogP contribution in [0.1, 0.15) is 39.5 Å². The third kappa shape index (κ3) is 6.20. The highest BCUT2D eigenvalue weighted by molar-refractivity contribution is 5.79. The van der Waals surface area contributed by atoms with Crippen molar-refractivity contribution in [2.75, 3.05) is 20.6 Å². The zero-order valence-electron chi connectivity index (χ0n) is 8.93. The molecular formula is C10H22N2. The summed E-state index contributed by atoms with van der Waals surface area (Å²) < 4.78 is 0. The first-order valence-corrected chi connectivity index (χ1v) is 4.86. The SMILES string of the molecule is CCCCCCN=C(C)N(C)C. The van der Waals surface area contributed by atoms with Crippen LogP contribution in [0.4, 0.5) is 0 Å². The zero-order chi connectivity index (χ0) is 9.40. The molecule has 12 heavy (non-hydrogen) atoms. The summed E-state index contributed by atoms with van der Waals surface area (Å²) in [5, 5.41) is 0. The highest BCUT2D eigenvalue weighted by atomic mass is 15.1. The lowest BCUT2D eigenvalue weighted by Gasteiger charge is -2.10. The van der Waals surface area contributed by atoms with Crippen molar-refractivity contribution >= 4 is 5.84 Å². The Bertz CT molecular complexity index is 128. The number of rotatable bonds is 5. The van der Waals surface area contributed by atoms with Gasteiger partial charge in [-0.15, -0.1) is 0 Å². The topological polar surface area (TPSA) is 15.6 Å². The molecule has 0 aliphatic heterocycles. The lowest BCUT2D eigenvalue weighted by molar-refractivity contribution is 0.607. The van der Waals surface area contributed by atoms with Gasteiger partial charge in [0.25, 0.3) is 0 Å². The summed E-state index contributed by atoms with van der Waals surface area (Å²) in [5.41, 5.74) is 0. The van der Waals surface area contributed by atoms with E-state index < -0.39 is 0 Å². The van der Waals surface area contributed by atoms with E-state index in [1.54, 1.807) is 0 Å². The molecule has 0 atom stereocenters. The Morgan fingerprint density at radius 3 is 2.33 bits per heavy atom. The van der Waals surface area contributed by atoms with E-state index in [-0.39, 0.29) is 0 Å². The van der Waals surface area contributed by atoms with Gasteiger partial charge < -0.3 is 4.90 Å². The van der Waals surface area contributed by atoms with Gasteiger partial charge in [0.15, 0.2) is 0 Å². The van der Waals surface area contributed by atoms with Crippen molar-refractivity contribution in [1.82, 2.24) is 4.90 Å². The van der Waals surface area contributed by atoms with Crippen LogP contribution in [0.25, 0.3) is 0 Å². The zero-order valence-corrected chi connectivity index (χ0v) is 8.93. The molecule has 0 radical (unpaired) electrons. The Morgan fingerprint density at radius 2 is 1.83 bits per heavy atom. The van der Waals surface area contributed by atoms with Gasteiger partial charge in [0, 0.05) is 20.6 Å².